The average molecular weight is 681 g/mol. The van der Waals surface area contributed by atoms with Crippen molar-refractivity contribution in [2.45, 2.75) is 81.4 Å². The fourth-order valence-electron chi connectivity index (χ4n) is 6.91. The van der Waals surface area contributed by atoms with Gasteiger partial charge < -0.3 is 14.7 Å². The third-order valence-corrected chi connectivity index (χ3v) is 10.1. The van der Waals surface area contributed by atoms with Crippen LogP contribution in [-0.4, -0.2) is 57.1 Å². The van der Waals surface area contributed by atoms with Gasteiger partial charge in [-0.05, 0) is 56.3 Å². The van der Waals surface area contributed by atoms with Gasteiger partial charge in [0.25, 0.3) is 5.91 Å². The fourth-order valence-corrected chi connectivity index (χ4v) is 7.59. The van der Waals surface area contributed by atoms with Crippen molar-refractivity contribution in [2.24, 2.45) is 0 Å². The number of alkyl halides is 6. The maximum atomic E-state index is 14.7. The van der Waals surface area contributed by atoms with E-state index in [9.17, 15) is 41.5 Å². The number of phenols is 1. The number of rotatable bonds is 8. The fraction of sp³-hybridized carbons (Fsp3) is 0.485. The lowest BCUT2D eigenvalue weighted by Crippen LogP contribution is -2.67. The molecule has 2 aliphatic heterocycles. The number of phenolic OH excluding ortho intramolecular Hbond substituents is 1. The van der Waals surface area contributed by atoms with Crippen LogP contribution in [0.25, 0.3) is 0 Å². The van der Waals surface area contributed by atoms with Crippen molar-refractivity contribution in [3.63, 3.8) is 0 Å². The lowest BCUT2D eigenvalue weighted by atomic mass is 9.73. The Balaban J connectivity index is 1.52. The topological polar surface area (TPSA) is 89.7 Å². The second-order valence-corrected chi connectivity index (χ2v) is 13.0. The van der Waals surface area contributed by atoms with E-state index in [0.29, 0.717) is 42.7 Å². The number of nitrogens with zero attached hydrogens (tertiary/aromatic N) is 4. The summed E-state index contributed by atoms with van der Waals surface area (Å²) in [5.74, 6) is -0.675. The predicted octanol–water partition coefficient (Wildman–Crippen LogP) is 7.55. The first-order chi connectivity index (χ1) is 22.2. The molecule has 0 unspecified atom stereocenters. The molecule has 2 fully saturated rings. The van der Waals surface area contributed by atoms with Gasteiger partial charge in [-0.2, -0.15) is 31.6 Å². The Labute approximate surface area is 272 Å². The van der Waals surface area contributed by atoms with Gasteiger partial charge in [0.2, 0.25) is 5.60 Å². The molecule has 3 aromatic rings. The normalized spacial score (nSPS) is 22.1. The molecule has 14 heteroatoms. The molecule has 4 heterocycles. The van der Waals surface area contributed by atoms with E-state index in [4.69, 9.17) is 4.74 Å². The number of pyridine rings is 1. The molecule has 47 heavy (non-hydrogen) atoms. The summed E-state index contributed by atoms with van der Waals surface area (Å²) in [6.45, 7) is 2.19. The molecule has 2 aromatic heterocycles. The minimum Gasteiger partial charge on any atom is -0.508 e. The van der Waals surface area contributed by atoms with Gasteiger partial charge in [0, 0.05) is 49.0 Å². The molecule has 0 saturated carbocycles. The van der Waals surface area contributed by atoms with E-state index in [0.717, 1.165) is 24.5 Å². The van der Waals surface area contributed by atoms with Crippen LogP contribution in [0.15, 0.2) is 54.2 Å². The number of hydrogen-bond acceptors (Lipinski definition) is 7. The van der Waals surface area contributed by atoms with Crippen LogP contribution in [0, 0.1) is 11.3 Å². The number of ether oxygens (including phenoxy) is 1. The van der Waals surface area contributed by atoms with Crippen LogP contribution in [0.2, 0.25) is 0 Å². The monoisotopic (exact) mass is 680 g/mol. The third-order valence-electron chi connectivity index (χ3n) is 9.17. The molecule has 1 N–H and O–H groups in total. The van der Waals surface area contributed by atoms with E-state index in [2.05, 4.69) is 11.1 Å². The Morgan fingerprint density at radius 2 is 1.83 bits per heavy atom. The number of halogens is 6. The maximum Gasteiger partial charge on any atom is 0.425 e. The number of aromatic hydroxyl groups is 1. The molecule has 0 aliphatic carbocycles. The molecule has 2 saturated heterocycles. The number of para-hydroxylation sites is 1. The smallest absolute Gasteiger partial charge is 0.425 e. The summed E-state index contributed by atoms with van der Waals surface area (Å²) in [6.07, 6.45) is -5.40. The van der Waals surface area contributed by atoms with Crippen LogP contribution in [0.1, 0.15) is 67.0 Å². The van der Waals surface area contributed by atoms with Crippen LogP contribution < -0.4 is 4.74 Å². The molecule has 1 aromatic carbocycles. The van der Waals surface area contributed by atoms with E-state index >= 15 is 0 Å². The SMILES string of the molecule is CCC[C@H]1N(Cc2cnccc2C(F)(F)F)CCC[C@@]1(Oc1csc(C(F)(F)F)c1)C(=O)N1CCC(C#N)(c2ccccc2O)CC1. The molecular formula is C33H34F6N4O3S. The van der Waals surface area contributed by atoms with Gasteiger partial charge in [-0.15, -0.1) is 11.3 Å². The molecule has 2 atom stereocenters. The molecule has 0 spiro atoms. The zero-order valence-corrected chi connectivity index (χ0v) is 26.4. The van der Waals surface area contributed by atoms with Crippen molar-refractivity contribution in [1.82, 2.24) is 14.8 Å². The lowest BCUT2D eigenvalue weighted by Gasteiger charge is -2.51. The highest BCUT2D eigenvalue weighted by molar-refractivity contribution is 7.10. The molecule has 2 aliphatic rings. The van der Waals surface area contributed by atoms with Crippen LogP contribution in [0.4, 0.5) is 26.3 Å². The van der Waals surface area contributed by atoms with E-state index in [1.54, 1.807) is 23.1 Å². The first-order valence-corrected chi connectivity index (χ1v) is 16.2. The minimum absolute atomic E-state index is 0.0360. The second-order valence-electron chi connectivity index (χ2n) is 12.0. The minimum atomic E-state index is -4.64. The van der Waals surface area contributed by atoms with Crippen LogP contribution in [-0.2, 0) is 29.1 Å². The van der Waals surface area contributed by atoms with Crippen molar-refractivity contribution in [3.8, 4) is 17.6 Å². The van der Waals surface area contributed by atoms with Crippen LogP contribution >= 0.6 is 11.3 Å². The van der Waals surface area contributed by atoms with E-state index in [1.807, 2.05) is 6.92 Å². The Bertz CT molecular complexity index is 1610. The Kier molecular flexibility index (Phi) is 9.80. The average Bonchev–Trinajstić information content (AvgIpc) is 3.51. The molecule has 252 valence electrons. The van der Waals surface area contributed by atoms with Gasteiger partial charge in [0.1, 0.15) is 16.4 Å². The summed E-state index contributed by atoms with van der Waals surface area (Å²) in [6, 6.07) is 9.79. The summed E-state index contributed by atoms with van der Waals surface area (Å²) in [4.78, 5) is 21.0. The van der Waals surface area contributed by atoms with Gasteiger partial charge >= 0.3 is 12.4 Å². The molecule has 7 nitrogen and oxygen atoms in total. The van der Waals surface area contributed by atoms with Crippen molar-refractivity contribution < 1.29 is 41.0 Å². The molecule has 0 radical (unpaired) electrons. The number of hydrogen-bond donors (Lipinski definition) is 1. The van der Waals surface area contributed by atoms with E-state index in [-0.39, 0.29) is 56.0 Å². The van der Waals surface area contributed by atoms with Gasteiger partial charge in [0.05, 0.1) is 23.1 Å². The number of carbonyl (C=O) groups excluding carboxylic acids is 1. The number of likely N-dealkylation sites (tertiary alicyclic amines) is 2. The van der Waals surface area contributed by atoms with Gasteiger partial charge in [0.15, 0.2) is 0 Å². The summed E-state index contributed by atoms with van der Waals surface area (Å²) in [7, 11) is 0. The number of benzene rings is 1. The Morgan fingerprint density at radius 1 is 1.11 bits per heavy atom. The number of nitriles is 1. The number of piperidine rings is 2. The molecule has 5 rings (SSSR count). The largest absolute Gasteiger partial charge is 0.508 e. The highest BCUT2D eigenvalue weighted by Gasteiger charge is 2.55. The number of aromatic nitrogens is 1. The van der Waals surface area contributed by atoms with Crippen molar-refractivity contribution >= 4 is 17.2 Å². The van der Waals surface area contributed by atoms with E-state index in [1.165, 1.54) is 16.3 Å². The highest BCUT2D eigenvalue weighted by atomic mass is 32.1. The quantitative estimate of drug-likeness (QED) is 0.247. The van der Waals surface area contributed by atoms with Crippen LogP contribution in [0.3, 0.4) is 0 Å². The first kappa shape index (κ1) is 34.5. The second kappa shape index (κ2) is 13.4. The maximum absolute atomic E-state index is 14.7. The van der Waals surface area contributed by atoms with E-state index < -0.39 is 45.8 Å². The summed E-state index contributed by atoms with van der Waals surface area (Å²) < 4.78 is 88.9. The van der Waals surface area contributed by atoms with Crippen LogP contribution in [0.5, 0.6) is 11.5 Å². The number of amides is 1. The van der Waals surface area contributed by atoms with Gasteiger partial charge in [-0.1, -0.05) is 31.5 Å². The Hall–Kier alpha value is -3.83. The molecular weight excluding hydrogens is 646 g/mol. The van der Waals surface area contributed by atoms with Crippen molar-refractivity contribution in [1.29, 1.82) is 5.26 Å². The van der Waals surface area contributed by atoms with Gasteiger partial charge in [-0.3, -0.25) is 14.7 Å². The predicted molar refractivity (Wildman–Crippen MR) is 161 cm³/mol. The molecule has 1 amide bonds. The zero-order chi connectivity index (χ0) is 34.0. The molecule has 0 bridgehead atoms. The highest BCUT2D eigenvalue weighted by Crippen LogP contribution is 2.45. The van der Waals surface area contributed by atoms with Crippen molar-refractivity contribution in [3.05, 3.63) is 75.7 Å². The summed E-state index contributed by atoms with van der Waals surface area (Å²) in [5, 5.41) is 21.9. The number of thiophene rings is 1. The zero-order valence-electron chi connectivity index (χ0n) is 25.6. The summed E-state index contributed by atoms with van der Waals surface area (Å²) >= 11 is 0.434. The Morgan fingerprint density at radius 3 is 2.45 bits per heavy atom. The number of carbonyl (C=O) groups is 1. The third kappa shape index (κ3) is 6.92. The van der Waals surface area contributed by atoms with Crippen molar-refractivity contribution in [2.75, 3.05) is 19.6 Å². The first-order valence-electron chi connectivity index (χ1n) is 15.3. The lowest BCUT2D eigenvalue weighted by molar-refractivity contribution is -0.163. The standard InChI is InChI=1S/C33H34F6N4O3S/c1-2-6-27-31(46-23-17-28(47-20-23)33(37,38)39,10-5-14-43(27)19-22-18-41-13-9-24(22)32(34,35)36)29(45)42-15-11-30(21-40,12-16-42)25-7-3-4-8-26(25)44/h3-4,7-9,13,17-18,20,27,44H,2,5-6,10-12,14-16,19H2,1H3/t27-,31+/m1/s1. The van der Waals surface area contributed by atoms with Gasteiger partial charge in [-0.25, -0.2) is 0 Å². The summed E-state index contributed by atoms with van der Waals surface area (Å²) in [5.41, 5.74) is -3.28.